The highest BCUT2D eigenvalue weighted by atomic mass is 16.5. The number of hydrogen-bond donors (Lipinski definition) is 2. The molecular formula is C16H22N2O4. The van der Waals surface area contributed by atoms with Crippen molar-refractivity contribution in [1.82, 2.24) is 10.6 Å². The van der Waals surface area contributed by atoms with Gasteiger partial charge in [-0.1, -0.05) is 6.07 Å². The Hall–Kier alpha value is -2.50. The first-order valence-corrected chi connectivity index (χ1v) is 7.08. The molecule has 0 fully saturated rings. The van der Waals surface area contributed by atoms with E-state index in [-0.39, 0.29) is 11.8 Å². The lowest BCUT2D eigenvalue weighted by atomic mass is 10.2. The average Bonchev–Trinajstić information content (AvgIpc) is 2.50. The Morgan fingerprint density at radius 3 is 2.55 bits per heavy atom. The van der Waals surface area contributed by atoms with Crippen LogP contribution in [0.5, 0.6) is 11.5 Å². The van der Waals surface area contributed by atoms with Gasteiger partial charge in [0.05, 0.1) is 13.7 Å². The maximum atomic E-state index is 11.6. The predicted molar refractivity (Wildman–Crippen MR) is 84.9 cm³/mol. The fraction of sp³-hybridized carbons (Fsp3) is 0.375. The van der Waals surface area contributed by atoms with Crippen LogP contribution in [0.2, 0.25) is 0 Å². The normalized spacial score (nSPS) is 10.3. The van der Waals surface area contributed by atoms with Gasteiger partial charge >= 0.3 is 0 Å². The summed E-state index contributed by atoms with van der Waals surface area (Å²) in [7, 11) is 1.58. The van der Waals surface area contributed by atoms with Crippen molar-refractivity contribution in [3.63, 3.8) is 0 Å². The zero-order chi connectivity index (χ0) is 16.4. The summed E-state index contributed by atoms with van der Waals surface area (Å²) < 4.78 is 10.7. The largest absolute Gasteiger partial charge is 0.493 e. The lowest BCUT2D eigenvalue weighted by molar-refractivity contribution is -0.119. The average molecular weight is 306 g/mol. The second kappa shape index (κ2) is 9.44. The highest BCUT2D eigenvalue weighted by molar-refractivity contribution is 5.91. The van der Waals surface area contributed by atoms with Crippen molar-refractivity contribution < 1.29 is 19.1 Å². The van der Waals surface area contributed by atoms with Crippen LogP contribution in [0.4, 0.5) is 0 Å². The van der Waals surface area contributed by atoms with Crippen molar-refractivity contribution in [3.8, 4) is 11.5 Å². The molecule has 22 heavy (non-hydrogen) atoms. The lowest BCUT2D eigenvalue weighted by Gasteiger charge is -2.09. The molecule has 0 saturated carbocycles. The molecular weight excluding hydrogens is 284 g/mol. The minimum absolute atomic E-state index is 0.119. The number of hydrogen-bond acceptors (Lipinski definition) is 4. The van der Waals surface area contributed by atoms with Gasteiger partial charge < -0.3 is 20.1 Å². The molecule has 1 aromatic rings. The number of methoxy groups -OCH3 is 1. The monoisotopic (exact) mass is 306 g/mol. The maximum Gasteiger partial charge on any atom is 0.244 e. The second-order valence-electron chi connectivity index (χ2n) is 4.45. The number of ether oxygens (including phenoxy) is 2. The van der Waals surface area contributed by atoms with E-state index in [4.69, 9.17) is 9.47 Å². The van der Waals surface area contributed by atoms with Gasteiger partial charge in [-0.05, 0) is 30.7 Å². The summed E-state index contributed by atoms with van der Waals surface area (Å²) in [6.45, 7) is 4.65. The van der Waals surface area contributed by atoms with Gasteiger partial charge in [-0.3, -0.25) is 9.59 Å². The van der Waals surface area contributed by atoms with E-state index < -0.39 is 0 Å². The van der Waals surface area contributed by atoms with E-state index in [1.54, 1.807) is 19.3 Å². The van der Waals surface area contributed by atoms with Gasteiger partial charge in [0.1, 0.15) is 0 Å². The van der Waals surface area contributed by atoms with E-state index in [0.717, 1.165) is 5.56 Å². The van der Waals surface area contributed by atoms with Crippen LogP contribution in [0.15, 0.2) is 24.3 Å². The minimum atomic E-state index is -0.223. The van der Waals surface area contributed by atoms with E-state index in [1.807, 2.05) is 19.1 Å². The molecule has 6 heteroatoms. The molecule has 120 valence electrons. The van der Waals surface area contributed by atoms with E-state index in [9.17, 15) is 9.59 Å². The third kappa shape index (κ3) is 6.30. The molecule has 0 aliphatic carbocycles. The van der Waals surface area contributed by atoms with Crippen molar-refractivity contribution in [3.05, 3.63) is 29.8 Å². The zero-order valence-electron chi connectivity index (χ0n) is 13.1. The number of amides is 2. The first-order chi connectivity index (χ1) is 10.6. The Bertz CT molecular complexity index is 541. The Morgan fingerprint density at radius 1 is 1.18 bits per heavy atom. The van der Waals surface area contributed by atoms with Crippen LogP contribution in [0, 0.1) is 0 Å². The molecule has 0 spiro atoms. The number of carbonyl (C=O) groups excluding carboxylic acids is 2. The molecule has 0 saturated heterocycles. The highest BCUT2D eigenvalue weighted by Gasteiger charge is 2.04. The second-order valence-corrected chi connectivity index (χ2v) is 4.45. The molecule has 0 aromatic heterocycles. The summed E-state index contributed by atoms with van der Waals surface area (Å²) >= 11 is 0. The Balaban J connectivity index is 2.56. The molecule has 0 atom stereocenters. The number of rotatable bonds is 8. The fourth-order valence-electron chi connectivity index (χ4n) is 1.72. The van der Waals surface area contributed by atoms with E-state index >= 15 is 0 Å². The van der Waals surface area contributed by atoms with Crippen LogP contribution in [0.1, 0.15) is 19.4 Å². The maximum absolute atomic E-state index is 11.6. The first kappa shape index (κ1) is 17.6. The first-order valence-electron chi connectivity index (χ1n) is 7.08. The van der Waals surface area contributed by atoms with Gasteiger partial charge in [-0.25, -0.2) is 0 Å². The molecule has 0 unspecified atom stereocenters. The van der Waals surface area contributed by atoms with Crippen LogP contribution >= 0.6 is 0 Å². The van der Waals surface area contributed by atoms with E-state index in [1.165, 1.54) is 13.0 Å². The van der Waals surface area contributed by atoms with E-state index in [2.05, 4.69) is 10.6 Å². The van der Waals surface area contributed by atoms with E-state index in [0.29, 0.717) is 31.2 Å². The third-order valence-electron chi connectivity index (χ3n) is 2.71. The summed E-state index contributed by atoms with van der Waals surface area (Å²) in [5.41, 5.74) is 0.835. The van der Waals surface area contributed by atoms with Crippen molar-refractivity contribution in [2.24, 2.45) is 0 Å². The van der Waals surface area contributed by atoms with Crippen LogP contribution in [-0.4, -0.2) is 38.6 Å². The summed E-state index contributed by atoms with van der Waals surface area (Å²) in [4.78, 5) is 22.3. The van der Waals surface area contributed by atoms with Crippen molar-refractivity contribution in [1.29, 1.82) is 0 Å². The van der Waals surface area contributed by atoms with Gasteiger partial charge in [-0.15, -0.1) is 0 Å². The summed E-state index contributed by atoms with van der Waals surface area (Å²) in [5, 5.41) is 5.27. The van der Waals surface area contributed by atoms with Gasteiger partial charge in [0.2, 0.25) is 11.8 Å². The summed E-state index contributed by atoms with van der Waals surface area (Å²) in [6.07, 6.45) is 3.13. The number of nitrogens with one attached hydrogen (secondary N) is 2. The molecule has 1 aromatic carbocycles. The third-order valence-corrected chi connectivity index (χ3v) is 2.71. The molecule has 0 heterocycles. The van der Waals surface area contributed by atoms with Gasteiger partial charge in [-0.2, -0.15) is 0 Å². The molecule has 0 aliphatic rings. The Kier molecular flexibility index (Phi) is 7.53. The van der Waals surface area contributed by atoms with Crippen molar-refractivity contribution in [2.45, 2.75) is 13.8 Å². The minimum Gasteiger partial charge on any atom is -0.493 e. The SMILES string of the molecule is CCOc1cc(C=CC(=O)NCCNC(C)=O)ccc1OC. The van der Waals surface area contributed by atoms with Crippen molar-refractivity contribution >= 4 is 17.9 Å². The molecule has 6 nitrogen and oxygen atoms in total. The molecule has 1 rings (SSSR count). The van der Waals surface area contributed by atoms with Crippen LogP contribution in [0.25, 0.3) is 6.08 Å². The standard InChI is InChI=1S/C16H22N2O4/c1-4-22-15-11-13(5-7-14(15)21-3)6-8-16(20)18-10-9-17-12(2)19/h5-8,11H,4,9-10H2,1-3H3,(H,17,19)(H,18,20). The number of benzene rings is 1. The lowest BCUT2D eigenvalue weighted by Crippen LogP contribution is -2.32. The Morgan fingerprint density at radius 2 is 1.91 bits per heavy atom. The molecule has 0 bridgehead atoms. The topological polar surface area (TPSA) is 76.7 Å². The smallest absolute Gasteiger partial charge is 0.244 e. The fourth-order valence-corrected chi connectivity index (χ4v) is 1.72. The van der Waals surface area contributed by atoms with Crippen LogP contribution in [-0.2, 0) is 9.59 Å². The van der Waals surface area contributed by atoms with Crippen LogP contribution in [0.3, 0.4) is 0 Å². The summed E-state index contributed by atoms with van der Waals surface area (Å²) in [5.74, 6) is 0.947. The van der Waals surface area contributed by atoms with Crippen LogP contribution < -0.4 is 20.1 Å². The number of carbonyl (C=O) groups is 2. The molecule has 0 radical (unpaired) electrons. The van der Waals surface area contributed by atoms with Crippen molar-refractivity contribution in [2.75, 3.05) is 26.8 Å². The quantitative estimate of drug-likeness (QED) is 0.561. The Labute approximate surface area is 130 Å². The highest BCUT2D eigenvalue weighted by Crippen LogP contribution is 2.28. The molecule has 2 N–H and O–H groups in total. The van der Waals surface area contributed by atoms with Gasteiger partial charge in [0, 0.05) is 26.1 Å². The zero-order valence-corrected chi connectivity index (χ0v) is 13.1. The van der Waals surface area contributed by atoms with Gasteiger partial charge in [0.25, 0.3) is 0 Å². The summed E-state index contributed by atoms with van der Waals surface area (Å²) in [6, 6.07) is 5.44. The molecule has 0 aliphatic heterocycles. The predicted octanol–water partition coefficient (Wildman–Crippen LogP) is 1.36. The molecule has 2 amide bonds. The van der Waals surface area contributed by atoms with Gasteiger partial charge in [0.15, 0.2) is 11.5 Å².